The summed E-state index contributed by atoms with van der Waals surface area (Å²) in [5.74, 6) is 0.353. The lowest BCUT2D eigenvalue weighted by atomic mass is 10.5. The van der Waals surface area contributed by atoms with Crippen LogP contribution in [0.15, 0.2) is 17.0 Å². The van der Waals surface area contributed by atoms with E-state index in [0.717, 1.165) is 0 Å². The second-order valence-electron chi connectivity index (χ2n) is 3.01. The molecular formula is C8H11BrN4O. The van der Waals surface area contributed by atoms with Gasteiger partial charge in [0, 0.05) is 0 Å². The molecule has 1 N–H and O–H groups in total. The number of nitrogens with zero attached hydrogens (tertiary/aromatic N) is 3. The Morgan fingerprint density at radius 1 is 1.50 bits per heavy atom. The Kier molecular flexibility index (Phi) is 3.97. The summed E-state index contributed by atoms with van der Waals surface area (Å²) in [6.07, 6.45) is 3.03. The fourth-order valence-electron chi connectivity index (χ4n) is 0.846. The second kappa shape index (κ2) is 5.02. The number of hydrogen-bond acceptors (Lipinski definition) is 4. The summed E-state index contributed by atoms with van der Waals surface area (Å²) in [6, 6.07) is 0. The summed E-state index contributed by atoms with van der Waals surface area (Å²) in [4.78, 5) is 21.0. The van der Waals surface area contributed by atoms with Crippen LogP contribution in [-0.2, 0) is 4.79 Å². The lowest BCUT2D eigenvalue weighted by molar-refractivity contribution is -0.116. The lowest BCUT2D eigenvalue weighted by Crippen LogP contribution is -2.27. The molecule has 0 fully saturated rings. The highest BCUT2D eigenvalue weighted by Gasteiger charge is 2.04. The third-order valence-electron chi connectivity index (χ3n) is 1.35. The maximum Gasteiger partial charge on any atom is 0.239 e. The summed E-state index contributed by atoms with van der Waals surface area (Å²) < 4.78 is 0.642. The zero-order valence-corrected chi connectivity index (χ0v) is 9.58. The zero-order chi connectivity index (χ0) is 10.6. The van der Waals surface area contributed by atoms with Crippen LogP contribution in [0.4, 0.5) is 5.82 Å². The van der Waals surface area contributed by atoms with Crippen LogP contribution in [0.5, 0.6) is 0 Å². The summed E-state index contributed by atoms with van der Waals surface area (Å²) in [7, 11) is 3.65. The van der Waals surface area contributed by atoms with E-state index in [4.69, 9.17) is 0 Å². The maximum atomic E-state index is 11.3. The molecule has 0 aliphatic rings. The normalized spacial score (nSPS) is 10.3. The van der Waals surface area contributed by atoms with Crippen molar-refractivity contribution in [1.29, 1.82) is 0 Å². The van der Waals surface area contributed by atoms with Gasteiger partial charge in [-0.3, -0.25) is 4.79 Å². The Bertz CT molecular complexity index is 312. The molecule has 5 nitrogen and oxygen atoms in total. The van der Waals surface area contributed by atoms with Crippen LogP contribution in [0.25, 0.3) is 0 Å². The number of anilines is 1. The average molecular weight is 259 g/mol. The SMILES string of the molecule is CN(C)CC(=O)Nc1cnc(Br)cn1. The monoisotopic (exact) mass is 258 g/mol. The minimum Gasteiger partial charge on any atom is -0.308 e. The minimum absolute atomic E-state index is 0.105. The largest absolute Gasteiger partial charge is 0.308 e. The molecule has 1 heterocycles. The highest BCUT2D eigenvalue weighted by atomic mass is 79.9. The van der Waals surface area contributed by atoms with Crippen molar-refractivity contribution >= 4 is 27.7 Å². The molecule has 0 aromatic carbocycles. The Labute approximate surface area is 90.7 Å². The van der Waals surface area contributed by atoms with Gasteiger partial charge >= 0.3 is 0 Å². The highest BCUT2D eigenvalue weighted by molar-refractivity contribution is 9.10. The molecule has 76 valence electrons. The van der Waals surface area contributed by atoms with Crippen molar-refractivity contribution in [3.05, 3.63) is 17.0 Å². The third kappa shape index (κ3) is 3.80. The molecule has 14 heavy (non-hydrogen) atoms. The molecule has 0 unspecified atom stereocenters. The number of hydrogen-bond donors (Lipinski definition) is 1. The first-order valence-corrected chi connectivity index (χ1v) is 4.79. The van der Waals surface area contributed by atoms with Gasteiger partial charge in [-0.25, -0.2) is 9.97 Å². The summed E-state index contributed by atoms with van der Waals surface area (Å²) in [5.41, 5.74) is 0. The van der Waals surface area contributed by atoms with E-state index < -0.39 is 0 Å². The predicted octanol–water partition coefficient (Wildman–Crippen LogP) is 0.739. The van der Waals surface area contributed by atoms with Gasteiger partial charge in [0.1, 0.15) is 4.60 Å². The smallest absolute Gasteiger partial charge is 0.239 e. The number of aromatic nitrogens is 2. The number of carbonyl (C=O) groups is 1. The Hall–Kier alpha value is -1.01. The lowest BCUT2D eigenvalue weighted by Gasteiger charge is -2.08. The molecule has 1 rings (SSSR count). The molecule has 0 radical (unpaired) electrons. The van der Waals surface area contributed by atoms with E-state index in [0.29, 0.717) is 17.0 Å². The van der Waals surface area contributed by atoms with Crippen LogP contribution in [0.2, 0.25) is 0 Å². The van der Waals surface area contributed by atoms with Crippen molar-refractivity contribution in [2.24, 2.45) is 0 Å². The van der Waals surface area contributed by atoms with E-state index in [1.54, 1.807) is 4.90 Å². The number of nitrogens with one attached hydrogen (secondary N) is 1. The first kappa shape index (κ1) is 11.1. The molecular weight excluding hydrogens is 248 g/mol. The van der Waals surface area contributed by atoms with Crippen LogP contribution in [0, 0.1) is 0 Å². The van der Waals surface area contributed by atoms with Crippen molar-refractivity contribution in [3.63, 3.8) is 0 Å². The van der Waals surface area contributed by atoms with Crippen LogP contribution >= 0.6 is 15.9 Å². The van der Waals surface area contributed by atoms with Crippen molar-refractivity contribution < 1.29 is 4.79 Å². The van der Waals surface area contributed by atoms with Gasteiger partial charge in [0.05, 0.1) is 18.9 Å². The number of likely N-dealkylation sites (N-methyl/N-ethyl adjacent to an activating group) is 1. The van der Waals surface area contributed by atoms with E-state index in [-0.39, 0.29) is 5.91 Å². The molecule has 0 aliphatic heterocycles. The molecule has 6 heteroatoms. The van der Waals surface area contributed by atoms with E-state index in [9.17, 15) is 4.79 Å². The topological polar surface area (TPSA) is 58.1 Å². The van der Waals surface area contributed by atoms with E-state index in [1.165, 1.54) is 12.4 Å². The van der Waals surface area contributed by atoms with Crippen LogP contribution in [0.1, 0.15) is 0 Å². The molecule has 1 aromatic heterocycles. The first-order valence-electron chi connectivity index (χ1n) is 4.00. The van der Waals surface area contributed by atoms with Gasteiger partial charge in [-0.1, -0.05) is 0 Å². The van der Waals surface area contributed by atoms with Gasteiger partial charge < -0.3 is 10.2 Å². The van der Waals surface area contributed by atoms with Crippen molar-refractivity contribution in [3.8, 4) is 0 Å². The van der Waals surface area contributed by atoms with Gasteiger partial charge in [-0.05, 0) is 30.0 Å². The Balaban J connectivity index is 2.52. The number of rotatable bonds is 3. The second-order valence-corrected chi connectivity index (χ2v) is 3.82. The maximum absolute atomic E-state index is 11.3. The highest BCUT2D eigenvalue weighted by Crippen LogP contribution is 2.05. The average Bonchev–Trinajstić information content (AvgIpc) is 2.07. The molecule has 1 amide bonds. The van der Waals surface area contributed by atoms with Gasteiger partial charge in [0.2, 0.25) is 5.91 Å². The predicted molar refractivity (Wildman–Crippen MR) is 56.9 cm³/mol. The fourth-order valence-corrected chi connectivity index (χ4v) is 1.05. The molecule has 0 bridgehead atoms. The Morgan fingerprint density at radius 2 is 2.21 bits per heavy atom. The number of amides is 1. The van der Waals surface area contributed by atoms with Crippen molar-refractivity contribution in [2.75, 3.05) is 26.0 Å². The number of halogens is 1. The minimum atomic E-state index is -0.105. The van der Waals surface area contributed by atoms with Gasteiger partial charge in [0.25, 0.3) is 0 Å². The first-order chi connectivity index (χ1) is 6.58. The molecule has 0 saturated carbocycles. The molecule has 0 aliphatic carbocycles. The van der Waals surface area contributed by atoms with Crippen LogP contribution < -0.4 is 5.32 Å². The van der Waals surface area contributed by atoms with E-state index >= 15 is 0 Å². The van der Waals surface area contributed by atoms with Gasteiger partial charge in [-0.15, -0.1) is 0 Å². The summed E-state index contributed by atoms with van der Waals surface area (Å²) in [5, 5.41) is 2.63. The third-order valence-corrected chi connectivity index (χ3v) is 1.76. The van der Waals surface area contributed by atoms with Crippen LogP contribution in [0.3, 0.4) is 0 Å². The Morgan fingerprint density at radius 3 is 2.71 bits per heavy atom. The van der Waals surface area contributed by atoms with Gasteiger partial charge in [0.15, 0.2) is 5.82 Å². The van der Waals surface area contributed by atoms with E-state index in [1.807, 2.05) is 14.1 Å². The quantitative estimate of drug-likeness (QED) is 0.869. The molecule has 0 spiro atoms. The summed E-state index contributed by atoms with van der Waals surface area (Å²) >= 11 is 3.16. The molecule has 1 aromatic rings. The van der Waals surface area contributed by atoms with Crippen LogP contribution in [-0.4, -0.2) is 41.4 Å². The van der Waals surface area contributed by atoms with Gasteiger partial charge in [-0.2, -0.15) is 0 Å². The fraction of sp³-hybridized carbons (Fsp3) is 0.375. The molecule has 0 atom stereocenters. The van der Waals surface area contributed by atoms with Crippen molar-refractivity contribution in [1.82, 2.24) is 14.9 Å². The standard InChI is InChI=1S/C8H11BrN4O/c1-13(2)5-8(14)12-7-4-10-6(9)3-11-7/h3-4H,5H2,1-2H3,(H,11,12,14). The zero-order valence-electron chi connectivity index (χ0n) is 7.99. The summed E-state index contributed by atoms with van der Waals surface area (Å²) in [6.45, 7) is 0.331. The number of carbonyl (C=O) groups excluding carboxylic acids is 1. The van der Waals surface area contributed by atoms with Crippen molar-refractivity contribution in [2.45, 2.75) is 0 Å². The van der Waals surface area contributed by atoms with E-state index in [2.05, 4.69) is 31.2 Å². The molecule has 0 saturated heterocycles.